The molecule has 0 aliphatic carbocycles. The summed E-state index contributed by atoms with van der Waals surface area (Å²) in [5, 5.41) is 19.5. The lowest BCUT2D eigenvalue weighted by Gasteiger charge is -2.33. The number of nitrogens with zero attached hydrogens (tertiary/aromatic N) is 2. The van der Waals surface area contributed by atoms with Crippen molar-refractivity contribution in [2.24, 2.45) is 0 Å². The van der Waals surface area contributed by atoms with Gasteiger partial charge in [-0.1, -0.05) is 6.07 Å². The van der Waals surface area contributed by atoms with Crippen LogP contribution in [0.5, 0.6) is 0 Å². The molecule has 3 heterocycles. The number of rotatable bonds is 5. The van der Waals surface area contributed by atoms with Gasteiger partial charge in [-0.05, 0) is 38.1 Å². The Kier molecular flexibility index (Phi) is 4.81. The highest BCUT2D eigenvalue weighted by Gasteiger charge is 2.25. The van der Waals surface area contributed by atoms with Gasteiger partial charge in [-0.2, -0.15) is 5.10 Å². The van der Waals surface area contributed by atoms with Crippen molar-refractivity contribution in [2.75, 3.05) is 11.9 Å². The minimum atomic E-state index is 0.0842. The molecule has 1 saturated heterocycles. The van der Waals surface area contributed by atoms with Gasteiger partial charge in [0.2, 0.25) is 0 Å². The summed E-state index contributed by atoms with van der Waals surface area (Å²) in [5.41, 5.74) is 0.958. The highest BCUT2D eigenvalue weighted by molar-refractivity contribution is 7.13. The molecule has 2 aromatic heterocycles. The topological polar surface area (TPSA) is 59.3 Å². The predicted molar refractivity (Wildman–Crippen MR) is 89.3 cm³/mol. The van der Waals surface area contributed by atoms with E-state index in [0.29, 0.717) is 12.6 Å². The molecule has 6 heteroatoms. The van der Waals surface area contributed by atoms with E-state index < -0.39 is 0 Å². The van der Waals surface area contributed by atoms with E-state index in [9.17, 15) is 5.11 Å². The SMILES string of the molecule is CC1CC(Nc2cc(-c3cccs3)nn2CCO)CC(C)O1. The van der Waals surface area contributed by atoms with Crippen LogP contribution in [0.4, 0.5) is 5.82 Å². The number of nitrogens with one attached hydrogen (secondary N) is 1. The first-order chi connectivity index (χ1) is 10.7. The maximum Gasteiger partial charge on any atom is 0.125 e. The van der Waals surface area contributed by atoms with E-state index in [1.165, 1.54) is 0 Å². The van der Waals surface area contributed by atoms with Crippen LogP contribution in [0.1, 0.15) is 26.7 Å². The van der Waals surface area contributed by atoms with Gasteiger partial charge in [0.1, 0.15) is 11.5 Å². The Morgan fingerprint density at radius 3 is 2.82 bits per heavy atom. The Morgan fingerprint density at radius 1 is 1.41 bits per heavy atom. The number of aromatic nitrogens is 2. The monoisotopic (exact) mass is 321 g/mol. The van der Waals surface area contributed by atoms with Crippen LogP contribution in [0, 0.1) is 0 Å². The Balaban J connectivity index is 1.79. The summed E-state index contributed by atoms with van der Waals surface area (Å²) in [7, 11) is 0. The molecular formula is C16H23N3O2S. The summed E-state index contributed by atoms with van der Waals surface area (Å²) in [6, 6.07) is 6.55. The minimum absolute atomic E-state index is 0.0842. The Hall–Kier alpha value is -1.37. The minimum Gasteiger partial charge on any atom is -0.394 e. The fourth-order valence-electron chi connectivity index (χ4n) is 3.08. The second kappa shape index (κ2) is 6.81. The molecular weight excluding hydrogens is 298 g/mol. The molecule has 3 rings (SSSR count). The van der Waals surface area contributed by atoms with Gasteiger partial charge in [0.25, 0.3) is 0 Å². The zero-order chi connectivity index (χ0) is 15.5. The molecule has 0 radical (unpaired) electrons. The van der Waals surface area contributed by atoms with Crippen molar-refractivity contribution in [1.82, 2.24) is 9.78 Å². The number of anilines is 1. The molecule has 1 fully saturated rings. The molecule has 2 aromatic rings. The van der Waals surface area contributed by atoms with Gasteiger partial charge in [0.15, 0.2) is 0 Å². The lowest BCUT2D eigenvalue weighted by molar-refractivity contribution is -0.0338. The van der Waals surface area contributed by atoms with Crippen molar-refractivity contribution < 1.29 is 9.84 Å². The van der Waals surface area contributed by atoms with Crippen LogP contribution in [0.15, 0.2) is 23.6 Å². The summed E-state index contributed by atoms with van der Waals surface area (Å²) in [6.45, 7) is 4.82. The molecule has 22 heavy (non-hydrogen) atoms. The van der Waals surface area contributed by atoms with Crippen molar-refractivity contribution >= 4 is 17.2 Å². The molecule has 0 saturated carbocycles. The number of hydrogen-bond acceptors (Lipinski definition) is 5. The summed E-state index contributed by atoms with van der Waals surface area (Å²) in [6.07, 6.45) is 2.52. The van der Waals surface area contributed by atoms with Gasteiger partial charge in [-0.3, -0.25) is 0 Å². The van der Waals surface area contributed by atoms with Crippen LogP contribution in [0.2, 0.25) is 0 Å². The van der Waals surface area contributed by atoms with Crippen LogP contribution in [0.25, 0.3) is 10.6 Å². The number of aliphatic hydroxyl groups is 1. The summed E-state index contributed by atoms with van der Waals surface area (Å²) >= 11 is 1.68. The predicted octanol–water partition coefficient (Wildman–Crippen LogP) is 2.97. The molecule has 1 aliphatic heterocycles. The Morgan fingerprint density at radius 2 is 2.18 bits per heavy atom. The van der Waals surface area contributed by atoms with Crippen molar-refractivity contribution in [2.45, 2.75) is 51.5 Å². The molecule has 1 aliphatic rings. The third-order valence-corrected chi connectivity index (χ3v) is 4.81. The third-order valence-electron chi connectivity index (χ3n) is 3.91. The Labute approximate surface area is 134 Å². The lowest BCUT2D eigenvalue weighted by atomic mass is 10.00. The van der Waals surface area contributed by atoms with Crippen LogP contribution < -0.4 is 5.32 Å². The van der Waals surface area contributed by atoms with Gasteiger partial charge in [-0.15, -0.1) is 11.3 Å². The Bertz CT molecular complexity index is 587. The fourth-order valence-corrected chi connectivity index (χ4v) is 3.76. The second-order valence-corrected chi connectivity index (χ2v) is 6.86. The average Bonchev–Trinajstić information content (AvgIpc) is 3.08. The molecule has 2 atom stereocenters. The van der Waals surface area contributed by atoms with Crippen LogP contribution in [-0.4, -0.2) is 39.7 Å². The molecule has 0 aromatic carbocycles. The summed E-state index contributed by atoms with van der Waals surface area (Å²) in [5.74, 6) is 0.976. The van der Waals surface area contributed by atoms with Gasteiger partial charge >= 0.3 is 0 Å². The molecule has 0 amide bonds. The number of thiophene rings is 1. The quantitative estimate of drug-likeness (QED) is 0.889. The van der Waals surface area contributed by atoms with E-state index in [0.717, 1.165) is 29.2 Å². The van der Waals surface area contributed by atoms with Gasteiger partial charge in [0.05, 0.1) is 30.2 Å². The second-order valence-electron chi connectivity index (χ2n) is 5.91. The highest BCUT2D eigenvalue weighted by Crippen LogP contribution is 2.28. The highest BCUT2D eigenvalue weighted by atomic mass is 32.1. The molecule has 120 valence electrons. The maximum atomic E-state index is 9.27. The van der Waals surface area contributed by atoms with Crippen LogP contribution in [0.3, 0.4) is 0 Å². The smallest absolute Gasteiger partial charge is 0.125 e. The van der Waals surface area contributed by atoms with Crippen LogP contribution in [-0.2, 0) is 11.3 Å². The van der Waals surface area contributed by atoms with Gasteiger partial charge in [0, 0.05) is 12.1 Å². The van der Waals surface area contributed by atoms with E-state index in [1.54, 1.807) is 11.3 Å². The summed E-state index contributed by atoms with van der Waals surface area (Å²) < 4.78 is 7.66. The van der Waals surface area contributed by atoms with Crippen molar-refractivity contribution in [3.8, 4) is 10.6 Å². The standard InChI is InChI=1S/C16H23N3O2S/c1-11-8-13(9-12(2)21-11)17-16-10-14(15-4-3-7-22-15)18-19(16)5-6-20/h3-4,7,10-13,17,20H,5-6,8-9H2,1-2H3. The largest absolute Gasteiger partial charge is 0.394 e. The summed E-state index contributed by atoms with van der Waals surface area (Å²) in [4.78, 5) is 1.15. The van der Waals surface area contributed by atoms with E-state index in [1.807, 2.05) is 10.7 Å². The van der Waals surface area contributed by atoms with Gasteiger partial charge < -0.3 is 15.2 Å². The van der Waals surface area contributed by atoms with E-state index >= 15 is 0 Å². The van der Waals surface area contributed by atoms with Crippen LogP contribution >= 0.6 is 11.3 Å². The van der Waals surface area contributed by atoms with Crippen molar-refractivity contribution in [3.63, 3.8) is 0 Å². The first kappa shape index (κ1) is 15.5. The van der Waals surface area contributed by atoms with E-state index in [-0.39, 0.29) is 18.8 Å². The zero-order valence-electron chi connectivity index (χ0n) is 13.0. The van der Waals surface area contributed by atoms with Gasteiger partial charge in [-0.25, -0.2) is 4.68 Å². The van der Waals surface area contributed by atoms with E-state index in [2.05, 4.69) is 41.8 Å². The van der Waals surface area contributed by atoms with E-state index in [4.69, 9.17) is 4.74 Å². The first-order valence-corrected chi connectivity index (χ1v) is 8.68. The molecule has 5 nitrogen and oxygen atoms in total. The van der Waals surface area contributed by atoms with Crippen molar-refractivity contribution in [1.29, 1.82) is 0 Å². The average molecular weight is 321 g/mol. The normalized spacial score (nSPS) is 25.3. The van der Waals surface area contributed by atoms with Crippen molar-refractivity contribution in [3.05, 3.63) is 23.6 Å². The third kappa shape index (κ3) is 3.51. The molecule has 0 spiro atoms. The number of hydrogen-bond donors (Lipinski definition) is 2. The number of ether oxygens (including phenoxy) is 1. The number of aliphatic hydroxyl groups excluding tert-OH is 1. The zero-order valence-corrected chi connectivity index (χ0v) is 13.8. The lowest BCUT2D eigenvalue weighted by Crippen LogP contribution is -2.37. The molecule has 2 N–H and O–H groups in total. The maximum absolute atomic E-state index is 9.27. The molecule has 2 unspecified atom stereocenters. The molecule has 0 bridgehead atoms. The first-order valence-electron chi connectivity index (χ1n) is 7.80. The fraction of sp³-hybridized carbons (Fsp3) is 0.562.